The van der Waals surface area contributed by atoms with Gasteiger partial charge in [0.15, 0.2) is 0 Å². The minimum atomic E-state index is -4.45. The summed E-state index contributed by atoms with van der Waals surface area (Å²) >= 11 is 0. The summed E-state index contributed by atoms with van der Waals surface area (Å²) in [6.45, 7) is 3.67. The summed E-state index contributed by atoms with van der Waals surface area (Å²) in [5.74, 6) is 0.148. The molecule has 0 radical (unpaired) electrons. The first-order chi connectivity index (χ1) is 9.77. The number of anilines is 1. The van der Waals surface area contributed by atoms with Crippen molar-refractivity contribution < 1.29 is 18.3 Å². The number of aromatic hydroxyl groups is 1. The summed E-state index contributed by atoms with van der Waals surface area (Å²) in [6.07, 6.45) is -3.32. The summed E-state index contributed by atoms with van der Waals surface area (Å²) in [5.41, 5.74) is 1.12. The van der Waals surface area contributed by atoms with Crippen LogP contribution >= 0.6 is 0 Å². The Morgan fingerprint density at radius 2 is 1.90 bits per heavy atom. The first kappa shape index (κ1) is 15.2. The molecule has 0 saturated carbocycles. The van der Waals surface area contributed by atoms with Crippen LogP contribution in [0.15, 0.2) is 36.5 Å². The zero-order valence-electron chi connectivity index (χ0n) is 11.6. The number of phenols is 1. The number of pyridine rings is 1. The Hall–Kier alpha value is -2.24. The Kier molecular flexibility index (Phi) is 4.06. The SMILES string of the molecule is Cc1ccc(C(C)Nc2ccc(C(F)(F)F)nc2)c(O)c1. The van der Waals surface area contributed by atoms with Crippen LogP contribution in [0.25, 0.3) is 0 Å². The van der Waals surface area contributed by atoms with Crippen LogP contribution in [-0.4, -0.2) is 10.1 Å². The van der Waals surface area contributed by atoms with Crippen molar-refractivity contribution in [2.75, 3.05) is 5.32 Å². The summed E-state index contributed by atoms with van der Waals surface area (Å²) in [5, 5.41) is 12.9. The number of phenolic OH excluding ortho intramolecular Hbond substituents is 1. The predicted molar refractivity (Wildman–Crippen MR) is 74.1 cm³/mol. The van der Waals surface area contributed by atoms with Crippen LogP contribution < -0.4 is 5.32 Å². The highest BCUT2D eigenvalue weighted by atomic mass is 19.4. The van der Waals surface area contributed by atoms with E-state index in [9.17, 15) is 18.3 Å². The minimum Gasteiger partial charge on any atom is -0.508 e. The molecule has 1 atom stereocenters. The Labute approximate surface area is 120 Å². The van der Waals surface area contributed by atoms with Crippen LogP contribution in [-0.2, 0) is 6.18 Å². The molecule has 3 nitrogen and oxygen atoms in total. The van der Waals surface area contributed by atoms with Gasteiger partial charge in [0, 0.05) is 5.56 Å². The van der Waals surface area contributed by atoms with Crippen molar-refractivity contribution in [1.82, 2.24) is 4.98 Å². The van der Waals surface area contributed by atoms with Crippen molar-refractivity contribution in [3.8, 4) is 5.75 Å². The van der Waals surface area contributed by atoms with E-state index in [2.05, 4.69) is 10.3 Å². The predicted octanol–water partition coefficient (Wildman–Crippen LogP) is 4.29. The molecule has 6 heteroatoms. The van der Waals surface area contributed by atoms with Gasteiger partial charge in [-0.25, -0.2) is 4.98 Å². The Morgan fingerprint density at radius 1 is 1.19 bits per heavy atom. The van der Waals surface area contributed by atoms with E-state index >= 15 is 0 Å². The lowest BCUT2D eigenvalue weighted by Gasteiger charge is -2.17. The molecule has 1 aromatic heterocycles. The molecule has 0 aliphatic heterocycles. The van der Waals surface area contributed by atoms with Gasteiger partial charge in [-0.15, -0.1) is 0 Å². The molecule has 21 heavy (non-hydrogen) atoms. The maximum absolute atomic E-state index is 12.4. The first-order valence-corrected chi connectivity index (χ1v) is 6.36. The quantitative estimate of drug-likeness (QED) is 0.888. The zero-order chi connectivity index (χ0) is 15.6. The molecule has 1 unspecified atom stereocenters. The van der Waals surface area contributed by atoms with Gasteiger partial charge in [-0.2, -0.15) is 13.2 Å². The van der Waals surface area contributed by atoms with E-state index < -0.39 is 11.9 Å². The second kappa shape index (κ2) is 5.63. The van der Waals surface area contributed by atoms with E-state index in [1.54, 1.807) is 12.1 Å². The summed E-state index contributed by atoms with van der Waals surface area (Å²) < 4.78 is 37.3. The van der Waals surface area contributed by atoms with E-state index in [1.165, 1.54) is 6.07 Å². The van der Waals surface area contributed by atoms with E-state index in [0.29, 0.717) is 11.3 Å². The maximum atomic E-state index is 12.4. The lowest BCUT2D eigenvalue weighted by molar-refractivity contribution is -0.141. The van der Waals surface area contributed by atoms with Crippen molar-refractivity contribution in [2.45, 2.75) is 26.1 Å². The molecule has 2 rings (SSSR count). The highest BCUT2D eigenvalue weighted by Gasteiger charge is 2.32. The van der Waals surface area contributed by atoms with Gasteiger partial charge in [0.2, 0.25) is 0 Å². The number of aryl methyl sites for hydroxylation is 1. The van der Waals surface area contributed by atoms with Crippen LogP contribution in [0.4, 0.5) is 18.9 Å². The van der Waals surface area contributed by atoms with Gasteiger partial charge in [0.1, 0.15) is 11.4 Å². The molecule has 0 aliphatic carbocycles. The lowest BCUT2D eigenvalue weighted by Crippen LogP contribution is -2.10. The number of nitrogens with zero attached hydrogens (tertiary/aromatic N) is 1. The Balaban J connectivity index is 2.14. The third kappa shape index (κ3) is 3.65. The number of aromatic nitrogens is 1. The zero-order valence-corrected chi connectivity index (χ0v) is 11.6. The molecule has 0 aliphatic rings. The molecule has 1 aromatic carbocycles. The summed E-state index contributed by atoms with van der Waals surface area (Å²) in [7, 11) is 0. The van der Waals surface area contributed by atoms with E-state index in [4.69, 9.17) is 0 Å². The van der Waals surface area contributed by atoms with Gasteiger partial charge >= 0.3 is 6.18 Å². The summed E-state index contributed by atoms with van der Waals surface area (Å²) in [6, 6.07) is 7.25. The average molecular weight is 296 g/mol. The van der Waals surface area contributed by atoms with Crippen LogP contribution in [0.3, 0.4) is 0 Å². The number of nitrogens with one attached hydrogen (secondary N) is 1. The third-order valence-electron chi connectivity index (χ3n) is 3.09. The largest absolute Gasteiger partial charge is 0.508 e. The molecule has 2 aromatic rings. The second-order valence-corrected chi connectivity index (χ2v) is 4.86. The van der Waals surface area contributed by atoms with Crippen molar-refractivity contribution in [1.29, 1.82) is 0 Å². The van der Waals surface area contributed by atoms with Gasteiger partial charge in [0.25, 0.3) is 0 Å². The second-order valence-electron chi connectivity index (χ2n) is 4.86. The highest BCUT2D eigenvalue weighted by Crippen LogP contribution is 2.30. The molecule has 1 heterocycles. The number of alkyl halides is 3. The Morgan fingerprint density at radius 3 is 2.43 bits per heavy atom. The lowest BCUT2D eigenvalue weighted by atomic mass is 10.0. The van der Waals surface area contributed by atoms with Gasteiger partial charge < -0.3 is 10.4 Å². The number of halogens is 3. The average Bonchev–Trinajstić information content (AvgIpc) is 2.38. The molecule has 112 valence electrons. The Bertz CT molecular complexity index is 624. The van der Waals surface area contributed by atoms with E-state index in [1.807, 2.05) is 19.9 Å². The smallest absolute Gasteiger partial charge is 0.433 e. The van der Waals surface area contributed by atoms with Crippen LogP contribution in [0.2, 0.25) is 0 Å². The van der Waals surface area contributed by atoms with Crippen molar-refractivity contribution in [2.24, 2.45) is 0 Å². The fraction of sp³-hybridized carbons (Fsp3) is 0.267. The van der Waals surface area contributed by atoms with Gasteiger partial charge in [-0.3, -0.25) is 0 Å². The number of hydrogen-bond acceptors (Lipinski definition) is 3. The molecule has 0 amide bonds. The molecule has 2 N–H and O–H groups in total. The number of benzene rings is 1. The number of hydrogen-bond donors (Lipinski definition) is 2. The molecule has 0 saturated heterocycles. The molecule has 0 fully saturated rings. The van der Waals surface area contributed by atoms with Crippen molar-refractivity contribution >= 4 is 5.69 Å². The van der Waals surface area contributed by atoms with Gasteiger partial charge in [0.05, 0.1) is 17.9 Å². The minimum absolute atomic E-state index is 0.148. The maximum Gasteiger partial charge on any atom is 0.433 e. The monoisotopic (exact) mass is 296 g/mol. The van der Waals surface area contributed by atoms with Gasteiger partial charge in [-0.1, -0.05) is 12.1 Å². The molecule has 0 bridgehead atoms. The topological polar surface area (TPSA) is 45.2 Å². The van der Waals surface area contributed by atoms with Crippen LogP contribution in [0.5, 0.6) is 5.75 Å². The molecule has 0 spiro atoms. The van der Waals surface area contributed by atoms with E-state index in [0.717, 1.165) is 17.8 Å². The summed E-state index contributed by atoms with van der Waals surface area (Å²) in [4.78, 5) is 3.38. The van der Waals surface area contributed by atoms with Gasteiger partial charge in [-0.05, 0) is 37.6 Å². The van der Waals surface area contributed by atoms with Crippen molar-refractivity contribution in [3.05, 3.63) is 53.3 Å². The fourth-order valence-electron chi connectivity index (χ4n) is 1.99. The highest BCUT2D eigenvalue weighted by molar-refractivity contribution is 5.47. The van der Waals surface area contributed by atoms with Crippen LogP contribution in [0, 0.1) is 6.92 Å². The normalized spacial score (nSPS) is 13.0. The van der Waals surface area contributed by atoms with E-state index in [-0.39, 0.29) is 11.8 Å². The van der Waals surface area contributed by atoms with Crippen molar-refractivity contribution in [3.63, 3.8) is 0 Å². The molecular formula is C15H15F3N2O. The van der Waals surface area contributed by atoms with Crippen LogP contribution in [0.1, 0.15) is 29.8 Å². The third-order valence-corrected chi connectivity index (χ3v) is 3.09. The fourth-order valence-corrected chi connectivity index (χ4v) is 1.99. The number of rotatable bonds is 3. The molecular weight excluding hydrogens is 281 g/mol. The standard InChI is InChI=1S/C15H15F3N2O/c1-9-3-5-12(13(21)7-9)10(2)20-11-4-6-14(19-8-11)15(16,17)18/h3-8,10,20-21H,1-2H3. The first-order valence-electron chi connectivity index (χ1n) is 6.36.